The first kappa shape index (κ1) is 23.1. The fourth-order valence-electron chi connectivity index (χ4n) is 4.20. The molecule has 1 aliphatic rings. The van der Waals surface area contributed by atoms with Crippen molar-refractivity contribution in [1.29, 1.82) is 5.26 Å². The normalized spacial score (nSPS) is 16.1. The molecule has 2 aromatic rings. The molecule has 0 spiro atoms. The summed E-state index contributed by atoms with van der Waals surface area (Å²) in [4.78, 5) is 26.1. The standard InChI is InChI=1S/C23H29N5O2S/c1-17(20-9-5-7-18-6-3-4-8-21(18)20)27-12-10-19(11-13-27)28(31-2)15-23(30)25-14-22(29)26-16-24/h3-9,17,19H,10-15H2,1-2H3,(H,25,30)(H,26,29). The van der Waals surface area contributed by atoms with E-state index in [1.165, 1.54) is 16.3 Å². The van der Waals surface area contributed by atoms with Gasteiger partial charge in [0.25, 0.3) is 5.91 Å². The minimum Gasteiger partial charge on any atom is -0.346 e. The molecule has 0 aliphatic carbocycles. The van der Waals surface area contributed by atoms with E-state index in [-0.39, 0.29) is 19.0 Å². The highest BCUT2D eigenvalue weighted by atomic mass is 32.2. The number of hydrogen-bond donors (Lipinski definition) is 2. The molecule has 31 heavy (non-hydrogen) atoms. The van der Waals surface area contributed by atoms with Gasteiger partial charge >= 0.3 is 0 Å². The van der Waals surface area contributed by atoms with Gasteiger partial charge in [-0.25, -0.2) is 4.31 Å². The molecule has 0 aromatic heterocycles. The fourth-order valence-corrected chi connectivity index (χ4v) is 4.95. The monoisotopic (exact) mass is 439 g/mol. The predicted octanol–water partition coefficient (Wildman–Crippen LogP) is 2.66. The molecule has 8 heteroatoms. The maximum atomic E-state index is 12.2. The molecule has 164 valence electrons. The van der Waals surface area contributed by atoms with E-state index in [1.54, 1.807) is 18.1 Å². The fraction of sp³-hybridized carbons (Fsp3) is 0.435. The molecule has 1 unspecified atom stereocenters. The third-order valence-corrected chi connectivity index (χ3v) is 6.80. The first-order valence-electron chi connectivity index (χ1n) is 10.5. The van der Waals surface area contributed by atoms with E-state index < -0.39 is 5.91 Å². The molecule has 2 N–H and O–H groups in total. The molecule has 1 saturated heterocycles. The van der Waals surface area contributed by atoms with Gasteiger partial charge in [0, 0.05) is 25.2 Å². The van der Waals surface area contributed by atoms with Crippen molar-refractivity contribution in [2.24, 2.45) is 0 Å². The maximum absolute atomic E-state index is 12.2. The van der Waals surface area contributed by atoms with Crippen LogP contribution in [-0.2, 0) is 9.59 Å². The lowest BCUT2D eigenvalue weighted by atomic mass is 9.96. The van der Waals surface area contributed by atoms with Crippen LogP contribution in [0.25, 0.3) is 10.8 Å². The first-order chi connectivity index (χ1) is 15.0. The number of nitrogens with zero attached hydrogens (tertiary/aromatic N) is 3. The van der Waals surface area contributed by atoms with Crippen molar-refractivity contribution in [2.45, 2.75) is 31.8 Å². The summed E-state index contributed by atoms with van der Waals surface area (Å²) in [5.74, 6) is -0.726. The second kappa shape index (κ2) is 11.1. The van der Waals surface area contributed by atoms with Crippen LogP contribution in [0.15, 0.2) is 42.5 Å². The SMILES string of the molecule is CSN(CC(=O)NCC(=O)NC#N)C1CCN(C(C)c2cccc3ccccc23)CC1. The lowest BCUT2D eigenvalue weighted by molar-refractivity contribution is -0.125. The molecule has 1 heterocycles. The van der Waals surface area contributed by atoms with Crippen LogP contribution >= 0.6 is 11.9 Å². The number of carbonyl (C=O) groups is 2. The van der Waals surface area contributed by atoms with Gasteiger partial charge in [0.05, 0.1) is 13.1 Å². The Bertz CT molecular complexity index is 947. The van der Waals surface area contributed by atoms with E-state index in [2.05, 4.69) is 63.9 Å². The van der Waals surface area contributed by atoms with Gasteiger partial charge in [0.1, 0.15) is 0 Å². The quantitative estimate of drug-likeness (QED) is 0.374. The molecule has 0 bridgehead atoms. The van der Waals surface area contributed by atoms with Crippen LogP contribution in [0.2, 0.25) is 0 Å². The Morgan fingerprint density at radius 1 is 1.19 bits per heavy atom. The van der Waals surface area contributed by atoms with E-state index in [1.807, 2.05) is 11.6 Å². The van der Waals surface area contributed by atoms with Gasteiger partial charge in [-0.15, -0.1) is 0 Å². The molecule has 2 amide bonds. The maximum Gasteiger partial charge on any atom is 0.252 e. The Balaban J connectivity index is 1.54. The molecule has 0 saturated carbocycles. The minimum atomic E-state index is -0.512. The molecule has 1 fully saturated rings. The van der Waals surface area contributed by atoms with Crippen LogP contribution in [0.1, 0.15) is 31.4 Å². The summed E-state index contributed by atoms with van der Waals surface area (Å²) in [6.07, 6.45) is 5.50. The van der Waals surface area contributed by atoms with Crippen molar-refractivity contribution >= 4 is 34.5 Å². The number of fused-ring (bicyclic) bond motifs is 1. The van der Waals surface area contributed by atoms with Crippen LogP contribution in [0.3, 0.4) is 0 Å². The minimum absolute atomic E-state index is 0.185. The molecule has 1 aliphatic heterocycles. The number of carbonyl (C=O) groups excluding carboxylic acids is 2. The average Bonchev–Trinajstić information content (AvgIpc) is 2.80. The second-order valence-electron chi connectivity index (χ2n) is 7.71. The lowest BCUT2D eigenvalue weighted by Gasteiger charge is -2.40. The molecule has 7 nitrogen and oxygen atoms in total. The Morgan fingerprint density at radius 3 is 2.61 bits per heavy atom. The number of benzene rings is 2. The zero-order valence-electron chi connectivity index (χ0n) is 18.0. The van der Waals surface area contributed by atoms with Crippen molar-refractivity contribution in [3.05, 3.63) is 48.0 Å². The van der Waals surface area contributed by atoms with E-state index in [9.17, 15) is 9.59 Å². The van der Waals surface area contributed by atoms with Gasteiger partial charge in [-0.3, -0.25) is 19.8 Å². The van der Waals surface area contributed by atoms with Crippen LogP contribution in [0, 0.1) is 11.5 Å². The topological polar surface area (TPSA) is 88.5 Å². The number of piperidine rings is 1. The van der Waals surface area contributed by atoms with E-state index >= 15 is 0 Å². The van der Waals surface area contributed by atoms with Gasteiger partial charge in [-0.1, -0.05) is 54.4 Å². The van der Waals surface area contributed by atoms with Crippen molar-refractivity contribution in [3.63, 3.8) is 0 Å². The van der Waals surface area contributed by atoms with Gasteiger partial charge in [0.2, 0.25) is 5.91 Å². The zero-order valence-corrected chi connectivity index (χ0v) is 18.8. The molecular weight excluding hydrogens is 410 g/mol. The van der Waals surface area contributed by atoms with Crippen molar-refractivity contribution in [3.8, 4) is 6.19 Å². The van der Waals surface area contributed by atoms with Crippen LogP contribution in [0.5, 0.6) is 0 Å². The largest absolute Gasteiger partial charge is 0.346 e. The van der Waals surface area contributed by atoms with Crippen LogP contribution in [-0.4, -0.2) is 59.5 Å². The number of nitrogens with one attached hydrogen (secondary N) is 2. The van der Waals surface area contributed by atoms with Crippen molar-refractivity contribution in [2.75, 3.05) is 32.4 Å². The Hall–Kier alpha value is -2.60. The summed E-state index contributed by atoms with van der Waals surface area (Å²) in [7, 11) is 0. The highest BCUT2D eigenvalue weighted by Gasteiger charge is 2.28. The molecular formula is C23H29N5O2S. The third-order valence-electron chi connectivity index (χ3n) is 5.90. The third kappa shape index (κ3) is 5.97. The molecule has 0 radical (unpaired) electrons. The van der Waals surface area contributed by atoms with Gasteiger partial charge < -0.3 is 5.32 Å². The zero-order chi connectivity index (χ0) is 22.2. The number of hydrogen-bond acceptors (Lipinski definition) is 6. The van der Waals surface area contributed by atoms with Gasteiger partial charge in [0.15, 0.2) is 6.19 Å². The van der Waals surface area contributed by atoms with Crippen molar-refractivity contribution in [1.82, 2.24) is 19.8 Å². The summed E-state index contributed by atoms with van der Waals surface area (Å²) < 4.78 is 2.09. The summed E-state index contributed by atoms with van der Waals surface area (Å²) in [6, 6.07) is 15.7. The highest BCUT2D eigenvalue weighted by Crippen LogP contribution is 2.31. The summed E-state index contributed by atoms with van der Waals surface area (Å²) in [6.45, 7) is 4.25. The smallest absolute Gasteiger partial charge is 0.252 e. The van der Waals surface area contributed by atoms with E-state index in [0.717, 1.165) is 25.9 Å². The summed E-state index contributed by atoms with van der Waals surface area (Å²) in [5.41, 5.74) is 1.35. The number of likely N-dealkylation sites (tertiary alicyclic amines) is 1. The van der Waals surface area contributed by atoms with E-state index in [4.69, 9.17) is 5.26 Å². The molecule has 2 aromatic carbocycles. The summed E-state index contributed by atoms with van der Waals surface area (Å²) in [5, 5.41) is 15.6. The van der Waals surface area contributed by atoms with Crippen LogP contribution in [0.4, 0.5) is 0 Å². The number of nitriles is 1. The predicted molar refractivity (Wildman–Crippen MR) is 124 cm³/mol. The molecule has 1 atom stereocenters. The first-order valence-corrected chi connectivity index (χ1v) is 11.7. The average molecular weight is 440 g/mol. The Labute approximate surface area is 187 Å². The second-order valence-corrected chi connectivity index (χ2v) is 8.54. The summed E-state index contributed by atoms with van der Waals surface area (Å²) >= 11 is 1.56. The highest BCUT2D eigenvalue weighted by molar-refractivity contribution is 7.96. The van der Waals surface area contributed by atoms with Gasteiger partial charge in [-0.2, -0.15) is 5.26 Å². The van der Waals surface area contributed by atoms with E-state index in [0.29, 0.717) is 12.1 Å². The van der Waals surface area contributed by atoms with Gasteiger partial charge in [-0.05, 0) is 42.4 Å². The lowest BCUT2D eigenvalue weighted by Crippen LogP contribution is -2.46. The van der Waals surface area contributed by atoms with Crippen molar-refractivity contribution < 1.29 is 9.59 Å². The Kier molecular flexibility index (Phi) is 8.29. The number of rotatable bonds is 8. The Morgan fingerprint density at radius 2 is 1.90 bits per heavy atom. The number of amides is 2. The molecule has 3 rings (SSSR count). The van der Waals surface area contributed by atoms with Crippen LogP contribution < -0.4 is 10.6 Å².